The van der Waals surface area contributed by atoms with Crippen LogP contribution in [0.3, 0.4) is 0 Å². The Morgan fingerprint density at radius 1 is 1.18 bits per heavy atom. The predicted molar refractivity (Wildman–Crippen MR) is 90.7 cm³/mol. The molecule has 22 heavy (non-hydrogen) atoms. The van der Waals surface area contributed by atoms with Gasteiger partial charge < -0.3 is 9.64 Å². The molecule has 0 aromatic rings. The zero-order valence-electron chi connectivity index (χ0n) is 15.1. The zero-order chi connectivity index (χ0) is 16.2. The number of ether oxygens (including phenoxy) is 1. The number of carbonyl (C=O) groups excluding carboxylic acids is 1. The first-order valence-electron chi connectivity index (χ1n) is 9.25. The number of amides is 1. The van der Waals surface area contributed by atoms with Gasteiger partial charge in [0.1, 0.15) is 0 Å². The Balaban J connectivity index is 1.76. The van der Waals surface area contributed by atoms with Gasteiger partial charge in [0.25, 0.3) is 0 Å². The van der Waals surface area contributed by atoms with Crippen molar-refractivity contribution < 1.29 is 9.53 Å². The van der Waals surface area contributed by atoms with Crippen molar-refractivity contribution in [2.24, 2.45) is 23.2 Å². The Hall–Kier alpha value is -0.570. The van der Waals surface area contributed by atoms with Crippen LogP contribution in [0.25, 0.3) is 0 Å². The highest BCUT2D eigenvalue weighted by molar-refractivity contribution is 5.76. The third kappa shape index (κ3) is 5.26. The molecule has 0 N–H and O–H groups in total. The molecule has 128 valence electrons. The van der Waals surface area contributed by atoms with Gasteiger partial charge in [-0.3, -0.25) is 4.79 Å². The molecule has 3 nitrogen and oxygen atoms in total. The Kier molecular flexibility index (Phi) is 6.31. The van der Waals surface area contributed by atoms with Gasteiger partial charge in [0.15, 0.2) is 0 Å². The average molecular weight is 309 g/mol. The number of hydrogen-bond acceptors (Lipinski definition) is 2. The van der Waals surface area contributed by atoms with Crippen LogP contribution >= 0.6 is 0 Å². The molecule has 1 amide bonds. The van der Waals surface area contributed by atoms with Crippen LogP contribution in [0.15, 0.2) is 0 Å². The lowest BCUT2D eigenvalue weighted by molar-refractivity contribution is -0.134. The number of hydrogen-bond donors (Lipinski definition) is 0. The molecule has 0 aromatic carbocycles. The van der Waals surface area contributed by atoms with E-state index in [1.165, 1.54) is 19.3 Å². The van der Waals surface area contributed by atoms with Gasteiger partial charge in [-0.1, -0.05) is 20.8 Å². The molecule has 2 atom stereocenters. The van der Waals surface area contributed by atoms with Crippen LogP contribution in [-0.4, -0.2) is 37.1 Å². The van der Waals surface area contributed by atoms with Gasteiger partial charge >= 0.3 is 0 Å². The maximum absolute atomic E-state index is 12.6. The number of nitrogens with zero attached hydrogens (tertiary/aromatic N) is 1. The highest BCUT2D eigenvalue weighted by atomic mass is 16.5. The molecule has 0 unspecified atom stereocenters. The average Bonchev–Trinajstić information content (AvgIpc) is 2.43. The van der Waals surface area contributed by atoms with E-state index in [9.17, 15) is 4.79 Å². The van der Waals surface area contributed by atoms with E-state index >= 15 is 0 Å². The van der Waals surface area contributed by atoms with Gasteiger partial charge in [-0.2, -0.15) is 0 Å². The van der Waals surface area contributed by atoms with Crippen molar-refractivity contribution in [3.8, 4) is 0 Å². The summed E-state index contributed by atoms with van der Waals surface area (Å²) in [5.41, 5.74) is 0.410. The van der Waals surface area contributed by atoms with Crippen molar-refractivity contribution >= 4 is 5.91 Å². The van der Waals surface area contributed by atoms with Crippen molar-refractivity contribution in [3.63, 3.8) is 0 Å². The van der Waals surface area contributed by atoms with Gasteiger partial charge in [0, 0.05) is 32.7 Å². The van der Waals surface area contributed by atoms with Crippen LogP contribution in [0.4, 0.5) is 0 Å². The summed E-state index contributed by atoms with van der Waals surface area (Å²) in [7, 11) is 0. The normalized spacial score (nSPS) is 29.5. The quantitative estimate of drug-likeness (QED) is 0.764. The SMILES string of the molecule is CCOCC1CCN(C(=O)C[C@H]2C[C@@H](C)CC(C)(C)C2)CC1. The van der Waals surface area contributed by atoms with Crippen LogP contribution < -0.4 is 0 Å². The Labute approximate surface area is 136 Å². The van der Waals surface area contributed by atoms with Crippen molar-refractivity contribution in [3.05, 3.63) is 0 Å². The summed E-state index contributed by atoms with van der Waals surface area (Å²) < 4.78 is 5.52. The number of carbonyl (C=O) groups is 1. The molecule has 0 bridgehead atoms. The maximum atomic E-state index is 12.6. The molecule has 1 saturated heterocycles. The van der Waals surface area contributed by atoms with Crippen molar-refractivity contribution in [2.75, 3.05) is 26.3 Å². The van der Waals surface area contributed by atoms with Crippen molar-refractivity contribution in [2.45, 2.75) is 66.2 Å². The molecule has 0 spiro atoms. The summed E-state index contributed by atoms with van der Waals surface area (Å²) in [6, 6.07) is 0. The van der Waals surface area contributed by atoms with E-state index in [4.69, 9.17) is 4.74 Å². The monoisotopic (exact) mass is 309 g/mol. The minimum atomic E-state index is 0.393. The highest BCUT2D eigenvalue weighted by Gasteiger charge is 2.34. The van der Waals surface area contributed by atoms with Gasteiger partial charge in [-0.25, -0.2) is 0 Å². The second kappa shape index (κ2) is 7.81. The van der Waals surface area contributed by atoms with E-state index in [2.05, 4.69) is 25.7 Å². The standard InChI is InChI=1S/C19H35NO2/c1-5-22-14-16-6-8-20(9-7-16)18(21)11-17-10-15(2)12-19(3,4)13-17/h15-17H,5-14H2,1-4H3/t15-,17-/m1/s1. The van der Waals surface area contributed by atoms with Crippen LogP contribution in [0.2, 0.25) is 0 Å². The fraction of sp³-hybridized carbons (Fsp3) is 0.947. The van der Waals surface area contributed by atoms with Gasteiger partial charge in [-0.05, 0) is 62.2 Å². The summed E-state index contributed by atoms with van der Waals surface area (Å²) in [5.74, 6) is 2.40. The lowest BCUT2D eigenvalue weighted by Gasteiger charge is -2.40. The fourth-order valence-electron chi connectivity index (χ4n) is 4.71. The zero-order valence-corrected chi connectivity index (χ0v) is 15.1. The molecule has 3 heteroatoms. The second-order valence-corrected chi connectivity index (χ2v) is 8.47. The van der Waals surface area contributed by atoms with E-state index in [1.54, 1.807) is 0 Å². The molecular weight excluding hydrogens is 274 g/mol. The minimum absolute atomic E-state index is 0.393. The minimum Gasteiger partial charge on any atom is -0.381 e. The second-order valence-electron chi connectivity index (χ2n) is 8.47. The smallest absolute Gasteiger partial charge is 0.222 e. The lowest BCUT2D eigenvalue weighted by atomic mass is 9.67. The van der Waals surface area contributed by atoms with E-state index in [0.717, 1.165) is 51.5 Å². The Bertz CT molecular complexity index is 358. The molecule has 2 aliphatic rings. The van der Waals surface area contributed by atoms with Crippen LogP contribution in [0.1, 0.15) is 66.2 Å². The first-order valence-corrected chi connectivity index (χ1v) is 9.25. The van der Waals surface area contributed by atoms with Crippen LogP contribution in [0, 0.1) is 23.2 Å². The van der Waals surface area contributed by atoms with Gasteiger partial charge in [0.2, 0.25) is 5.91 Å². The van der Waals surface area contributed by atoms with Crippen LogP contribution in [0.5, 0.6) is 0 Å². The highest BCUT2D eigenvalue weighted by Crippen LogP contribution is 2.43. The first-order chi connectivity index (χ1) is 10.4. The third-order valence-corrected chi connectivity index (χ3v) is 5.47. The molecule has 2 fully saturated rings. The summed E-state index contributed by atoms with van der Waals surface area (Å²) in [4.78, 5) is 14.7. The van der Waals surface area contributed by atoms with E-state index < -0.39 is 0 Å². The van der Waals surface area contributed by atoms with Crippen molar-refractivity contribution in [1.82, 2.24) is 4.90 Å². The molecule has 0 aromatic heterocycles. The number of likely N-dealkylation sites (tertiary alicyclic amines) is 1. The molecule has 1 heterocycles. The van der Waals surface area contributed by atoms with E-state index in [-0.39, 0.29) is 0 Å². The van der Waals surface area contributed by atoms with Crippen molar-refractivity contribution in [1.29, 1.82) is 0 Å². The van der Waals surface area contributed by atoms with E-state index in [1.807, 2.05) is 6.92 Å². The number of rotatable bonds is 5. The Morgan fingerprint density at radius 3 is 2.45 bits per heavy atom. The maximum Gasteiger partial charge on any atom is 0.222 e. The first kappa shape index (κ1) is 17.8. The predicted octanol–water partition coefficient (Wildman–Crippen LogP) is 4.11. The Morgan fingerprint density at radius 2 is 1.86 bits per heavy atom. The largest absolute Gasteiger partial charge is 0.381 e. The summed E-state index contributed by atoms with van der Waals surface area (Å²) >= 11 is 0. The van der Waals surface area contributed by atoms with E-state index in [0.29, 0.717) is 23.2 Å². The molecule has 2 rings (SSSR count). The van der Waals surface area contributed by atoms with Crippen LogP contribution in [-0.2, 0) is 9.53 Å². The molecule has 1 saturated carbocycles. The summed E-state index contributed by atoms with van der Waals surface area (Å²) in [6.07, 6.45) is 6.74. The van der Waals surface area contributed by atoms with Gasteiger partial charge in [-0.15, -0.1) is 0 Å². The summed E-state index contributed by atoms with van der Waals surface area (Å²) in [6.45, 7) is 12.6. The summed E-state index contributed by atoms with van der Waals surface area (Å²) in [5, 5.41) is 0. The fourth-order valence-corrected chi connectivity index (χ4v) is 4.71. The topological polar surface area (TPSA) is 29.5 Å². The molecule has 0 radical (unpaired) electrons. The third-order valence-electron chi connectivity index (χ3n) is 5.47. The molecule has 1 aliphatic carbocycles. The van der Waals surface area contributed by atoms with Gasteiger partial charge in [0.05, 0.1) is 0 Å². The molecular formula is C19H35NO2. The number of piperidine rings is 1. The molecule has 1 aliphatic heterocycles. The lowest BCUT2D eigenvalue weighted by Crippen LogP contribution is -2.41.